The molecule has 2 nitrogen and oxygen atoms in total. The van der Waals surface area contributed by atoms with E-state index in [-0.39, 0.29) is 5.69 Å². The number of benzene rings is 1. The van der Waals surface area contributed by atoms with Crippen molar-refractivity contribution in [2.75, 3.05) is 5.32 Å². The monoisotopic (exact) mass is 260 g/mol. The Labute approximate surface area is 88.7 Å². The van der Waals surface area contributed by atoms with Crippen LogP contribution in [0.15, 0.2) is 16.6 Å². The van der Waals surface area contributed by atoms with Gasteiger partial charge in [0, 0.05) is 4.47 Å². The third kappa shape index (κ3) is 2.42. The Hall–Kier alpha value is -1.15. The maximum absolute atomic E-state index is 13.2. The molecule has 0 heterocycles. The van der Waals surface area contributed by atoms with Gasteiger partial charge in [-0.15, -0.1) is 0 Å². The third-order valence-electron chi connectivity index (χ3n) is 1.56. The number of nitrogens with zero attached hydrogens (tertiary/aromatic N) is 1. The van der Waals surface area contributed by atoms with Gasteiger partial charge in [-0.3, -0.25) is 0 Å². The van der Waals surface area contributed by atoms with Gasteiger partial charge >= 0.3 is 0 Å². The average molecular weight is 261 g/mol. The minimum atomic E-state index is -0.723. The molecule has 5 heteroatoms. The third-order valence-corrected chi connectivity index (χ3v) is 2.02. The lowest BCUT2D eigenvalue weighted by Crippen LogP contribution is -2.14. The summed E-state index contributed by atoms with van der Waals surface area (Å²) in [6.07, 6.45) is 0. The molecule has 1 unspecified atom stereocenters. The molecule has 0 amide bonds. The van der Waals surface area contributed by atoms with E-state index in [1.165, 1.54) is 6.92 Å². The smallest absolute Gasteiger partial charge is 0.150 e. The summed E-state index contributed by atoms with van der Waals surface area (Å²) in [5.74, 6) is -1.45. The first-order chi connectivity index (χ1) is 6.54. The summed E-state index contributed by atoms with van der Waals surface area (Å²) < 4.78 is 26.7. The molecule has 0 radical (unpaired) electrons. The lowest BCUT2D eigenvalue weighted by atomic mass is 10.2. The predicted molar refractivity (Wildman–Crippen MR) is 52.8 cm³/mol. The van der Waals surface area contributed by atoms with Crippen LogP contribution < -0.4 is 5.32 Å². The molecule has 0 saturated heterocycles. The van der Waals surface area contributed by atoms with E-state index in [0.29, 0.717) is 4.47 Å². The fourth-order valence-corrected chi connectivity index (χ4v) is 1.33. The first-order valence-electron chi connectivity index (χ1n) is 3.85. The molecule has 1 rings (SSSR count). The Kier molecular flexibility index (Phi) is 3.42. The van der Waals surface area contributed by atoms with Crippen molar-refractivity contribution in [2.45, 2.75) is 13.0 Å². The van der Waals surface area contributed by atoms with Gasteiger partial charge in [-0.25, -0.2) is 8.78 Å². The zero-order chi connectivity index (χ0) is 10.7. The summed E-state index contributed by atoms with van der Waals surface area (Å²) in [6, 6.07) is 3.46. The maximum atomic E-state index is 13.2. The molecular formula is C9H7BrF2N2. The molecule has 1 atom stereocenters. The van der Waals surface area contributed by atoms with Gasteiger partial charge in [0.2, 0.25) is 0 Å². The minimum absolute atomic E-state index is 0.276. The Morgan fingerprint density at radius 3 is 2.36 bits per heavy atom. The molecule has 0 aromatic heterocycles. The predicted octanol–water partition coefficient (Wildman–Crippen LogP) is 3.05. The van der Waals surface area contributed by atoms with Gasteiger partial charge < -0.3 is 5.32 Å². The van der Waals surface area contributed by atoms with Crippen molar-refractivity contribution in [1.29, 1.82) is 5.26 Å². The van der Waals surface area contributed by atoms with Crippen LogP contribution in [0.5, 0.6) is 0 Å². The van der Waals surface area contributed by atoms with Crippen LogP contribution >= 0.6 is 15.9 Å². The van der Waals surface area contributed by atoms with Crippen molar-refractivity contribution in [3.8, 4) is 6.07 Å². The van der Waals surface area contributed by atoms with E-state index in [2.05, 4.69) is 21.2 Å². The molecule has 74 valence electrons. The molecule has 14 heavy (non-hydrogen) atoms. The topological polar surface area (TPSA) is 35.8 Å². The lowest BCUT2D eigenvalue weighted by Gasteiger charge is -2.10. The summed E-state index contributed by atoms with van der Waals surface area (Å²) >= 11 is 2.96. The normalized spacial score (nSPS) is 11.9. The molecular weight excluding hydrogens is 254 g/mol. The van der Waals surface area contributed by atoms with Crippen LogP contribution in [0.3, 0.4) is 0 Å². The highest BCUT2D eigenvalue weighted by Crippen LogP contribution is 2.24. The van der Waals surface area contributed by atoms with Gasteiger partial charge in [0.25, 0.3) is 0 Å². The number of anilines is 1. The van der Waals surface area contributed by atoms with Gasteiger partial charge in [-0.2, -0.15) is 5.26 Å². The summed E-state index contributed by atoms with van der Waals surface area (Å²) in [6.45, 7) is 1.51. The lowest BCUT2D eigenvalue weighted by molar-refractivity contribution is 0.585. The fourth-order valence-electron chi connectivity index (χ4n) is 0.929. The Morgan fingerprint density at radius 2 is 1.93 bits per heavy atom. The Balaban J connectivity index is 3.04. The van der Waals surface area contributed by atoms with Crippen LogP contribution in [0, 0.1) is 23.0 Å². The van der Waals surface area contributed by atoms with Gasteiger partial charge in [-0.05, 0) is 19.1 Å². The standard InChI is InChI=1S/C9H7BrF2N2/c1-5(4-13)14-9-7(11)2-6(10)3-8(9)12/h2-3,5,14H,1H3. The average Bonchev–Trinajstić information content (AvgIpc) is 2.10. The summed E-state index contributed by atoms with van der Waals surface area (Å²) in [4.78, 5) is 0. The van der Waals surface area contributed by atoms with Crippen LogP contribution in [0.1, 0.15) is 6.92 Å². The number of nitrogens with one attached hydrogen (secondary N) is 1. The van der Waals surface area contributed by atoms with Crippen molar-refractivity contribution < 1.29 is 8.78 Å². The first kappa shape index (κ1) is 10.9. The second-order valence-corrected chi connectivity index (χ2v) is 3.66. The van der Waals surface area contributed by atoms with Gasteiger partial charge in [0.15, 0.2) is 0 Å². The van der Waals surface area contributed by atoms with Crippen molar-refractivity contribution in [3.05, 3.63) is 28.2 Å². The van der Waals surface area contributed by atoms with E-state index < -0.39 is 17.7 Å². The van der Waals surface area contributed by atoms with Crippen molar-refractivity contribution >= 4 is 21.6 Å². The van der Waals surface area contributed by atoms with E-state index >= 15 is 0 Å². The Bertz CT molecular complexity index is 364. The van der Waals surface area contributed by atoms with Gasteiger partial charge in [0.1, 0.15) is 23.4 Å². The molecule has 1 aromatic carbocycles. The highest BCUT2D eigenvalue weighted by Gasteiger charge is 2.12. The minimum Gasteiger partial charge on any atom is -0.365 e. The van der Waals surface area contributed by atoms with E-state index in [1.54, 1.807) is 0 Å². The molecule has 0 fully saturated rings. The van der Waals surface area contributed by atoms with Crippen LogP contribution in [-0.2, 0) is 0 Å². The second-order valence-electron chi connectivity index (χ2n) is 2.74. The van der Waals surface area contributed by atoms with Crippen molar-refractivity contribution in [2.24, 2.45) is 0 Å². The summed E-state index contributed by atoms with van der Waals surface area (Å²) in [5.41, 5.74) is -0.276. The number of halogens is 3. The number of hydrogen-bond donors (Lipinski definition) is 1. The quantitative estimate of drug-likeness (QED) is 0.888. The van der Waals surface area contributed by atoms with Gasteiger partial charge in [-0.1, -0.05) is 15.9 Å². The largest absolute Gasteiger partial charge is 0.365 e. The molecule has 0 spiro atoms. The zero-order valence-corrected chi connectivity index (χ0v) is 8.90. The summed E-state index contributed by atoms with van der Waals surface area (Å²) in [5, 5.41) is 10.9. The molecule has 0 aliphatic heterocycles. The number of hydrogen-bond acceptors (Lipinski definition) is 2. The molecule has 0 saturated carbocycles. The van der Waals surface area contributed by atoms with E-state index in [4.69, 9.17) is 5.26 Å². The van der Waals surface area contributed by atoms with Crippen molar-refractivity contribution in [1.82, 2.24) is 0 Å². The second kappa shape index (κ2) is 4.38. The summed E-state index contributed by atoms with van der Waals surface area (Å²) in [7, 11) is 0. The Morgan fingerprint density at radius 1 is 1.43 bits per heavy atom. The highest BCUT2D eigenvalue weighted by molar-refractivity contribution is 9.10. The van der Waals surface area contributed by atoms with E-state index in [0.717, 1.165) is 12.1 Å². The molecule has 1 N–H and O–H groups in total. The van der Waals surface area contributed by atoms with Crippen LogP contribution in [0.2, 0.25) is 0 Å². The van der Waals surface area contributed by atoms with E-state index in [1.807, 2.05) is 6.07 Å². The SMILES string of the molecule is CC(C#N)Nc1c(F)cc(Br)cc1F. The highest BCUT2D eigenvalue weighted by atomic mass is 79.9. The van der Waals surface area contributed by atoms with E-state index in [9.17, 15) is 8.78 Å². The molecule has 0 aliphatic rings. The van der Waals surface area contributed by atoms with Crippen LogP contribution in [-0.4, -0.2) is 6.04 Å². The van der Waals surface area contributed by atoms with Crippen LogP contribution in [0.25, 0.3) is 0 Å². The molecule has 0 bridgehead atoms. The maximum Gasteiger partial charge on any atom is 0.150 e. The molecule has 1 aromatic rings. The first-order valence-corrected chi connectivity index (χ1v) is 4.64. The number of rotatable bonds is 2. The van der Waals surface area contributed by atoms with Crippen molar-refractivity contribution in [3.63, 3.8) is 0 Å². The number of nitriles is 1. The molecule has 0 aliphatic carbocycles. The van der Waals surface area contributed by atoms with Gasteiger partial charge in [0.05, 0.1) is 6.07 Å². The van der Waals surface area contributed by atoms with Crippen LogP contribution in [0.4, 0.5) is 14.5 Å². The zero-order valence-electron chi connectivity index (χ0n) is 7.31. The fraction of sp³-hybridized carbons (Fsp3) is 0.222.